The molecule has 0 spiro atoms. The molecular weight excluding hydrogens is 376 g/mol. The zero-order valence-corrected chi connectivity index (χ0v) is 15.0. The van der Waals surface area contributed by atoms with Crippen molar-refractivity contribution in [1.82, 2.24) is 15.6 Å². The zero-order valence-electron chi connectivity index (χ0n) is 15.0. The molecule has 1 aromatic carbocycles. The number of hydrogen-bond acceptors (Lipinski definition) is 8. The Morgan fingerprint density at radius 2 is 1.89 bits per heavy atom. The van der Waals surface area contributed by atoms with E-state index in [1.807, 2.05) is 0 Å². The average molecular weight is 396 g/mol. The van der Waals surface area contributed by atoms with Gasteiger partial charge in [-0.05, 0) is 25.8 Å². The lowest BCUT2D eigenvalue weighted by Gasteiger charge is -2.31. The van der Waals surface area contributed by atoms with Crippen LogP contribution in [-0.4, -0.2) is 52.6 Å². The fraction of sp³-hybridized carbons (Fsp3) is 0.467. The van der Waals surface area contributed by atoms with Crippen molar-refractivity contribution in [2.75, 3.05) is 25.1 Å². The van der Waals surface area contributed by atoms with Crippen LogP contribution in [0.15, 0.2) is 18.2 Å². The van der Waals surface area contributed by atoms with Crippen molar-refractivity contribution in [2.45, 2.75) is 25.8 Å². The van der Waals surface area contributed by atoms with Crippen LogP contribution in [0.3, 0.4) is 0 Å². The third kappa shape index (κ3) is 5.43. The number of urea groups is 1. The molecule has 2 rings (SSSR count). The topological polar surface area (TPSA) is 169 Å². The predicted octanol–water partition coefficient (Wildman–Crippen LogP) is 1.75. The number of nitro groups is 2. The van der Waals surface area contributed by atoms with Crippen LogP contribution in [0, 0.1) is 20.2 Å². The molecule has 28 heavy (non-hydrogen) atoms. The maximum Gasteiger partial charge on any atom is 0.409 e. The number of hydrazine groups is 1. The summed E-state index contributed by atoms with van der Waals surface area (Å²) in [6, 6.07) is 2.21. The van der Waals surface area contributed by atoms with E-state index >= 15 is 0 Å². The number of hydrogen-bond donors (Lipinski definition) is 3. The summed E-state index contributed by atoms with van der Waals surface area (Å²) in [6.45, 7) is 2.88. The minimum atomic E-state index is -0.792. The van der Waals surface area contributed by atoms with Crippen LogP contribution >= 0.6 is 0 Å². The van der Waals surface area contributed by atoms with Crippen molar-refractivity contribution < 1.29 is 24.2 Å². The van der Waals surface area contributed by atoms with Crippen LogP contribution in [0.2, 0.25) is 0 Å². The van der Waals surface area contributed by atoms with E-state index in [1.165, 1.54) is 0 Å². The van der Waals surface area contributed by atoms with E-state index in [2.05, 4.69) is 16.2 Å². The van der Waals surface area contributed by atoms with E-state index in [1.54, 1.807) is 11.8 Å². The van der Waals surface area contributed by atoms with Crippen molar-refractivity contribution in [2.24, 2.45) is 0 Å². The molecule has 0 saturated carbocycles. The standard InChI is InChI=1S/C15H20N6O7/c1-2-28-15(23)19-7-5-10(6-8-19)16-14(22)18-17-12-4-3-11(20(24)25)9-13(12)21(26)27/h3-4,9-10,17H,2,5-8H2,1H3,(H2,16,18,22). The number of rotatable bonds is 6. The van der Waals surface area contributed by atoms with Crippen molar-refractivity contribution in [3.8, 4) is 0 Å². The third-order valence-electron chi connectivity index (χ3n) is 4.06. The number of anilines is 1. The lowest BCUT2D eigenvalue weighted by atomic mass is 10.1. The monoisotopic (exact) mass is 396 g/mol. The lowest BCUT2D eigenvalue weighted by Crippen LogP contribution is -2.50. The molecule has 1 fully saturated rings. The van der Waals surface area contributed by atoms with Crippen molar-refractivity contribution in [3.05, 3.63) is 38.4 Å². The molecule has 3 amide bonds. The van der Waals surface area contributed by atoms with Gasteiger partial charge in [0.15, 0.2) is 0 Å². The molecule has 0 bridgehead atoms. The number of likely N-dealkylation sites (tertiary alicyclic amines) is 1. The second kappa shape index (κ2) is 9.34. The number of ether oxygens (including phenoxy) is 1. The first-order chi connectivity index (χ1) is 13.3. The van der Waals surface area contributed by atoms with Gasteiger partial charge in [-0.15, -0.1) is 0 Å². The van der Waals surface area contributed by atoms with Crippen LogP contribution in [0.5, 0.6) is 0 Å². The number of benzene rings is 1. The van der Waals surface area contributed by atoms with Gasteiger partial charge in [0.05, 0.1) is 22.5 Å². The van der Waals surface area contributed by atoms with E-state index in [0.29, 0.717) is 32.5 Å². The first-order valence-corrected chi connectivity index (χ1v) is 8.48. The van der Waals surface area contributed by atoms with Crippen LogP contribution in [0.1, 0.15) is 19.8 Å². The Bertz CT molecular complexity index is 763. The van der Waals surface area contributed by atoms with Crippen molar-refractivity contribution in [1.29, 1.82) is 0 Å². The molecule has 13 heteroatoms. The van der Waals surface area contributed by atoms with Crippen molar-refractivity contribution in [3.63, 3.8) is 0 Å². The van der Waals surface area contributed by atoms with Crippen LogP contribution in [0.4, 0.5) is 26.7 Å². The smallest absolute Gasteiger partial charge is 0.409 e. The Morgan fingerprint density at radius 3 is 2.46 bits per heavy atom. The first kappa shape index (κ1) is 20.7. The van der Waals surface area contributed by atoms with Gasteiger partial charge in [0, 0.05) is 25.2 Å². The summed E-state index contributed by atoms with van der Waals surface area (Å²) in [7, 11) is 0. The highest BCUT2D eigenvalue weighted by atomic mass is 16.6. The second-order valence-electron chi connectivity index (χ2n) is 5.90. The Kier molecular flexibility index (Phi) is 6.90. The van der Waals surface area contributed by atoms with Crippen molar-refractivity contribution >= 4 is 29.2 Å². The summed E-state index contributed by atoms with van der Waals surface area (Å²) in [6.07, 6.45) is 0.672. The quantitative estimate of drug-likeness (QED) is 0.482. The Morgan fingerprint density at radius 1 is 1.21 bits per heavy atom. The van der Waals surface area contributed by atoms with E-state index in [9.17, 15) is 29.8 Å². The molecule has 1 aliphatic rings. The van der Waals surface area contributed by atoms with Gasteiger partial charge in [-0.25, -0.2) is 9.59 Å². The Balaban J connectivity index is 1.86. The van der Waals surface area contributed by atoms with Gasteiger partial charge in [-0.2, -0.15) is 0 Å². The maximum absolute atomic E-state index is 12.0. The summed E-state index contributed by atoms with van der Waals surface area (Å²) in [5.74, 6) is 0. The van der Waals surface area contributed by atoms with Gasteiger partial charge in [-0.1, -0.05) is 0 Å². The summed E-state index contributed by atoms with van der Waals surface area (Å²) in [5, 5.41) is 24.5. The first-order valence-electron chi connectivity index (χ1n) is 8.48. The molecule has 13 nitrogen and oxygen atoms in total. The summed E-state index contributed by atoms with van der Waals surface area (Å²) >= 11 is 0. The molecule has 1 aliphatic heterocycles. The van der Waals surface area contributed by atoms with E-state index < -0.39 is 33.3 Å². The normalized spacial score (nSPS) is 14.1. The minimum Gasteiger partial charge on any atom is -0.450 e. The Hall–Kier alpha value is -3.64. The van der Waals surface area contributed by atoms with Gasteiger partial charge in [0.25, 0.3) is 5.69 Å². The van der Waals surface area contributed by atoms with Crippen LogP contribution < -0.4 is 16.2 Å². The summed E-state index contributed by atoms with van der Waals surface area (Å²) in [4.78, 5) is 45.4. The molecule has 0 atom stereocenters. The number of nitrogens with one attached hydrogen (secondary N) is 3. The highest BCUT2D eigenvalue weighted by Gasteiger charge is 2.25. The highest BCUT2D eigenvalue weighted by molar-refractivity contribution is 5.77. The number of amides is 3. The average Bonchev–Trinajstić information content (AvgIpc) is 2.66. The number of nitrogens with zero attached hydrogens (tertiary/aromatic N) is 3. The Labute approximate surface area is 159 Å². The molecule has 3 N–H and O–H groups in total. The summed E-state index contributed by atoms with van der Waals surface area (Å²) in [5.41, 5.74) is 3.57. The van der Waals surface area contributed by atoms with Gasteiger partial charge >= 0.3 is 17.8 Å². The largest absolute Gasteiger partial charge is 0.450 e. The second-order valence-corrected chi connectivity index (χ2v) is 5.90. The zero-order chi connectivity index (χ0) is 20.7. The lowest BCUT2D eigenvalue weighted by molar-refractivity contribution is -0.393. The number of nitro benzene ring substituents is 2. The molecule has 1 saturated heterocycles. The number of carbonyl (C=O) groups is 2. The molecule has 0 radical (unpaired) electrons. The molecule has 0 aliphatic carbocycles. The van der Waals surface area contributed by atoms with E-state index in [0.717, 1.165) is 18.2 Å². The number of piperidine rings is 1. The molecule has 0 unspecified atom stereocenters. The molecule has 1 aromatic rings. The fourth-order valence-corrected chi connectivity index (χ4v) is 2.66. The molecular formula is C15H20N6O7. The van der Waals surface area contributed by atoms with E-state index in [-0.39, 0.29) is 11.7 Å². The third-order valence-corrected chi connectivity index (χ3v) is 4.06. The maximum atomic E-state index is 12.0. The van der Waals surface area contributed by atoms with Gasteiger partial charge in [-0.3, -0.25) is 31.1 Å². The van der Waals surface area contributed by atoms with Crippen LogP contribution in [0.25, 0.3) is 0 Å². The van der Waals surface area contributed by atoms with Crippen LogP contribution in [-0.2, 0) is 4.74 Å². The van der Waals surface area contributed by atoms with E-state index in [4.69, 9.17) is 4.74 Å². The highest BCUT2D eigenvalue weighted by Crippen LogP contribution is 2.28. The SMILES string of the molecule is CCOC(=O)N1CCC(NC(=O)NNc2ccc([N+](=O)[O-])cc2[N+](=O)[O-])CC1. The predicted molar refractivity (Wildman–Crippen MR) is 96.7 cm³/mol. The number of carbonyl (C=O) groups excluding carboxylic acids is 2. The fourth-order valence-electron chi connectivity index (χ4n) is 2.66. The summed E-state index contributed by atoms with van der Waals surface area (Å²) < 4.78 is 4.92. The van der Waals surface area contributed by atoms with Gasteiger partial charge < -0.3 is 15.0 Å². The molecule has 1 heterocycles. The minimum absolute atomic E-state index is 0.0946. The molecule has 0 aromatic heterocycles. The number of non-ortho nitro benzene ring substituents is 1. The van der Waals surface area contributed by atoms with Gasteiger partial charge in [0.2, 0.25) is 0 Å². The van der Waals surface area contributed by atoms with Gasteiger partial charge in [0.1, 0.15) is 5.69 Å². The molecule has 152 valence electrons.